The summed E-state index contributed by atoms with van der Waals surface area (Å²) in [4.78, 5) is 29.6. The Hall–Kier alpha value is -3.38. The molecule has 2 fully saturated rings. The van der Waals surface area contributed by atoms with Crippen molar-refractivity contribution in [1.82, 2.24) is 15.1 Å². The normalized spacial score (nSPS) is 21.8. The molecule has 3 amide bonds. The van der Waals surface area contributed by atoms with Gasteiger partial charge in [-0.3, -0.25) is 14.6 Å². The van der Waals surface area contributed by atoms with Gasteiger partial charge in [-0.15, -0.1) is 0 Å². The summed E-state index contributed by atoms with van der Waals surface area (Å²) in [6.07, 6.45) is 2.18. The number of piperidine rings is 1. The Morgan fingerprint density at radius 1 is 0.941 bits per heavy atom. The molecule has 0 aliphatic carbocycles. The Morgan fingerprint density at radius 3 is 2.41 bits per heavy atom. The lowest BCUT2D eigenvalue weighted by Crippen LogP contribution is -2.57. The molecular weight excluding hydrogens is 426 g/mol. The summed E-state index contributed by atoms with van der Waals surface area (Å²) in [6.45, 7) is 2.68. The number of fused-ring (bicyclic) bond motifs is 1. The molecule has 2 aliphatic heterocycles. The maximum Gasteiger partial charge on any atom is 0.324 e. The zero-order valence-electron chi connectivity index (χ0n) is 19.8. The molecule has 0 unspecified atom stereocenters. The third-order valence-corrected chi connectivity index (χ3v) is 7.44. The summed E-state index contributed by atoms with van der Waals surface area (Å²) in [6, 6.07) is 22.5. The van der Waals surface area contributed by atoms with Gasteiger partial charge in [0.05, 0.1) is 7.11 Å². The van der Waals surface area contributed by atoms with E-state index in [-0.39, 0.29) is 17.9 Å². The largest absolute Gasteiger partial charge is 0.497 e. The summed E-state index contributed by atoms with van der Waals surface area (Å²) in [5.41, 5.74) is 1.38. The third-order valence-electron chi connectivity index (χ3n) is 7.44. The zero-order chi connectivity index (χ0) is 23.7. The fourth-order valence-corrected chi connectivity index (χ4v) is 5.54. The molecule has 0 spiro atoms. The number of ether oxygens (including phenoxy) is 1. The predicted molar refractivity (Wildman–Crippen MR) is 133 cm³/mol. The van der Waals surface area contributed by atoms with Crippen LogP contribution in [0.25, 0.3) is 10.8 Å². The van der Waals surface area contributed by atoms with Crippen LogP contribution in [0.4, 0.5) is 4.79 Å². The number of hydrogen-bond donors (Lipinski definition) is 1. The van der Waals surface area contributed by atoms with Gasteiger partial charge in [0.15, 0.2) is 0 Å². The first kappa shape index (κ1) is 22.4. The van der Waals surface area contributed by atoms with Gasteiger partial charge in [0, 0.05) is 20.0 Å². The molecule has 3 aromatic rings. The van der Waals surface area contributed by atoms with E-state index in [0.717, 1.165) is 43.8 Å². The first-order chi connectivity index (χ1) is 16.5. The molecule has 1 atom stereocenters. The van der Waals surface area contributed by atoms with E-state index < -0.39 is 5.54 Å². The fraction of sp³-hybridized carbons (Fsp3) is 0.357. The Bertz CT molecular complexity index is 1220. The number of carbonyl (C=O) groups is 2. The van der Waals surface area contributed by atoms with Gasteiger partial charge in [-0.25, -0.2) is 4.79 Å². The minimum Gasteiger partial charge on any atom is -0.497 e. The van der Waals surface area contributed by atoms with Gasteiger partial charge in [0.25, 0.3) is 5.91 Å². The number of likely N-dealkylation sites (N-methyl/N-ethyl adjacent to an activating group) is 1. The van der Waals surface area contributed by atoms with Crippen LogP contribution in [0.3, 0.4) is 0 Å². The first-order valence-electron chi connectivity index (χ1n) is 11.9. The number of rotatable bonds is 6. The minimum absolute atomic E-state index is 0.0768. The van der Waals surface area contributed by atoms with E-state index in [2.05, 4.69) is 52.7 Å². The number of methoxy groups -OCH3 is 1. The van der Waals surface area contributed by atoms with Crippen molar-refractivity contribution in [2.75, 3.05) is 27.2 Å². The number of benzene rings is 3. The summed E-state index contributed by atoms with van der Waals surface area (Å²) in [5.74, 6) is 0.698. The highest BCUT2D eigenvalue weighted by Gasteiger charge is 2.54. The van der Waals surface area contributed by atoms with Crippen LogP contribution < -0.4 is 10.1 Å². The Labute approximate surface area is 200 Å². The van der Waals surface area contributed by atoms with Crippen molar-refractivity contribution in [3.8, 4) is 5.75 Å². The van der Waals surface area contributed by atoms with Crippen molar-refractivity contribution in [2.24, 2.45) is 5.92 Å². The molecule has 6 nitrogen and oxygen atoms in total. The standard InChI is InChI=1S/C28H31N3O3/c1-30-26(32)28(29-27(30)33,18-20-6-5-9-25(17-20)34-2)24-12-14-31(15-13-24)19-21-10-11-22-7-3-4-8-23(22)16-21/h3-11,16-17,24H,12-15,18-19H2,1-2H3,(H,29,33)/t28-/m0/s1. The Morgan fingerprint density at radius 2 is 1.71 bits per heavy atom. The average Bonchev–Trinajstić information content (AvgIpc) is 3.08. The summed E-state index contributed by atoms with van der Waals surface area (Å²) in [5, 5.41) is 5.60. The topological polar surface area (TPSA) is 61.9 Å². The fourth-order valence-electron chi connectivity index (χ4n) is 5.54. The van der Waals surface area contributed by atoms with Crippen LogP contribution in [0.2, 0.25) is 0 Å². The lowest BCUT2D eigenvalue weighted by molar-refractivity contribution is -0.133. The molecule has 176 valence electrons. The van der Waals surface area contributed by atoms with E-state index in [1.807, 2.05) is 24.3 Å². The number of nitrogens with one attached hydrogen (secondary N) is 1. The average molecular weight is 458 g/mol. The van der Waals surface area contributed by atoms with Gasteiger partial charge in [0.1, 0.15) is 11.3 Å². The van der Waals surface area contributed by atoms with Gasteiger partial charge < -0.3 is 10.1 Å². The number of hydrogen-bond acceptors (Lipinski definition) is 4. The number of imide groups is 1. The second-order valence-electron chi connectivity index (χ2n) is 9.53. The van der Waals surface area contributed by atoms with Gasteiger partial charge in [-0.1, -0.05) is 48.5 Å². The van der Waals surface area contributed by atoms with Crippen LogP contribution in [0.1, 0.15) is 24.0 Å². The second kappa shape index (κ2) is 9.11. The predicted octanol–water partition coefficient (Wildman–Crippen LogP) is 4.22. The molecule has 0 radical (unpaired) electrons. The molecule has 34 heavy (non-hydrogen) atoms. The van der Waals surface area contributed by atoms with Gasteiger partial charge in [-0.2, -0.15) is 0 Å². The maximum absolute atomic E-state index is 13.4. The van der Waals surface area contributed by atoms with Crippen LogP contribution in [0.5, 0.6) is 5.75 Å². The number of urea groups is 1. The highest BCUT2D eigenvalue weighted by molar-refractivity contribution is 6.07. The molecule has 1 N–H and O–H groups in total. The van der Waals surface area contributed by atoms with Crippen LogP contribution in [-0.4, -0.2) is 54.5 Å². The molecule has 6 heteroatoms. The second-order valence-corrected chi connectivity index (χ2v) is 9.53. The number of nitrogens with zero attached hydrogens (tertiary/aromatic N) is 2. The number of amides is 3. The number of carbonyl (C=O) groups excluding carboxylic acids is 2. The zero-order valence-corrected chi connectivity index (χ0v) is 19.8. The quantitative estimate of drug-likeness (QED) is 0.563. The maximum atomic E-state index is 13.4. The molecule has 2 saturated heterocycles. The van der Waals surface area contributed by atoms with E-state index in [9.17, 15) is 9.59 Å². The molecule has 0 aromatic heterocycles. The van der Waals surface area contributed by atoms with Crippen LogP contribution in [0.15, 0.2) is 66.7 Å². The van der Waals surface area contributed by atoms with Gasteiger partial charge in [-0.05, 0) is 71.9 Å². The van der Waals surface area contributed by atoms with Crippen LogP contribution >= 0.6 is 0 Å². The highest BCUT2D eigenvalue weighted by atomic mass is 16.5. The molecule has 0 saturated carbocycles. The summed E-state index contributed by atoms with van der Waals surface area (Å²) < 4.78 is 5.37. The molecule has 2 heterocycles. The lowest BCUT2D eigenvalue weighted by Gasteiger charge is -2.41. The monoisotopic (exact) mass is 457 g/mol. The van der Waals surface area contributed by atoms with Crippen LogP contribution in [0, 0.1) is 5.92 Å². The minimum atomic E-state index is -0.909. The van der Waals surface area contributed by atoms with Crippen molar-refractivity contribution >= 4 is 22.7 Å². The van der Waals surface area contributed by atoms with Crippen molar-refractivity contribution in [3.63, 3.8) is 0 Å². The highest BCUT2D eigenvalue weighted by Crippen LogP contribution is 2.37. The van der Waals surface area contributed by atoms with E-state index in [1.54, 1.807) is 14.2 Å². The SMILES string of the molecule is COc1cccc(C[C@@]2(C3CCN(Cc4ccc5ccccc5c4)CC3)NC(=O)N(C)C2=O)c1. The Kier molecular flexibility index (Phi) is 6.00. The van der Waals surface area contributed by atoms with Gasteiger partial charge in [0.2, 0.25) is 0 Å². The third kappa shape index (κ3) is 4.14. The molecule has 2 aliphatic rings. The van der Waals surface area contributed by atoms with Crippen molar-refractivity contribution in [3.05, 3.63) is 77.9 Å². The first-order valence-corrected chi connectivity index (χ1v) is 11.9. The van der Waals surface area contributed by atoms with E-state index >= 15 is 0 Å². The lowest BCUT2D eigenvalue weighted by atomic mass is 9.74. The number of likely N-dealkylation sites (tertiary alicyclic amines) is 1. The van der Waals surface area contributed by atoms with Crippen molar-refractivity contribution < 1.29 is 14.3 Å². The Balaban J connectivity index is 1.32. The summed E-state index contributed by atoms with van der Waals surface area (Å²) >= 11 is 0. The smallest absolute Gasteiger partial charge is 0.324 e. The van der Waals surface area contributed by atoms with Gasteiger partial charge >= 0.3 is 6.03 Å². The van der Waals surface area contributed by atoms with Crippen molar-refractivity contribution in [1.29, 1.82) is 0 Å². The molecular formula is C28H31N3O3. The molecule has 5 rings (SSSR count). The molecule has 0 bridgehead atoms. The van der Waals surface area contributed by atoms with E-state index in [4.69, 9.17) is 4.74 Å². The van der Waals surface area contributed by atoms with Crippen molar-refractivity contribution in [2.45, 2.75) is 31.3 Å². The summed E-state index contributed by atoms with van der Waals surface area (Å²) in [7, 11) is 3.20. The van der Waals surface area contributed by atoms with E-state index in [1.165, 1.54) is 21.2 Å². The van der Waals surface area contributed by atoms with Crippen LogP contribution in [-0.2, 0) is 17.8 Å². The van der Waals surface area contributed by atoms with E-state index in [0.29, 0.717) is 6.42 Å². The molecule has 3 aromatic carbocycles.